The standard InChI is InChI=1S/C9H8ClFN2O3S/c10-8-2-1-6(4-12-8)13-5-7(3-9(13)14)17(11,15)16/h1-2,4,7H,3,5H2. The van der Waals surface area contributed by atoms with Crippen molar-refractivity contribution in [1.82, 2.24) is 4.98 Å². The summed E-state index contributed by atoms with van der Waals surface area (Å²) < 4.78 is 34.2. The predicted octanol–water partition coefficient (Wildman–Crippen LogP) is 1.14. The molecule has 0 bridgehead atoms. The molecule has 17 heavy (non-hydrogen) atoms. The molecule has 92 valence electrons. The molecule has 0 aromatic carbocycles. The van der Waals surface area contributed by atoms with E-state index in [0.29, 0.717) is 5.69 Å². The zero-order valence-corrected chi connectivity index (χ0v) is 10.1. The molecule has 1 fully saturated rings. The Morgan fingerprint density at radius 2 is 2.18 bits per heavy atom. The number of rotatable bonds is 2. The molecule has 1 aromatic rings. The first-order valence-corrected chi connectivity index (χ1v) is 6.56. The van der Waals surface area contributed by atoms with E-state index < -0.39 is 21.4 Å². The highest BCUT2D eigenvalue weighted by Crippen LogP contribution is 2.25. The van der Waals surface area contributed by atoms with Gasteiger partial charge in [0.25, 0.3) is 0 Å². The van der Waals surface area contributed by atoms with E-state index in [9.17, 15) is 17.1 Å². The van der Waals surface area contributed by atoms with Gasteiger partial charge < -0.3 is 4.90 Å². The number of carbonyl (C=O) groups is 1. The summed E-state index contributed by atoms with van der Waals surface area (Å²) in [5.74, 6) is -0.444. The van der Waals surface area contributed by atoms with Crippen LogP contribution in [0.4, 0.5) is 9.57 Å². The summed E-state index contributed by atoms with van der Waals surface area (Å²) in [6.07, 6.45) is 0.995. The predicted molar refractivity (Wildman–Crippen MR) is 60.0 cm³/mol. The Balaban J connectivity index is 2.24. The molecule has 0 spiro atoms. The molecule has 1 atom stereocenters. The van der Waals surface area contributed by atoms with Gasteiger partial charge in [-0.2, -0.15) is 8.42 Å². The lowest BCUT2D eigenvalue weighted by Crippen LogP contribution is -2.26. The van der Waals surface area contributed by atoms with E-state index >= 15 is 0 Å². The minimum atomic E-state index is -4.69. The Kier molecular flexibility index (Phi) is 3.05. The third-order valence-electron chi connectivity index (χ3n) is 2.51. The zero-order valence-electron chi connectivity index (χ0n) is 8.51. The minimum absolute atomic E-state index is 0.193. The van der Waals surface area contributed by atoms with Crippen molar-refractivity contribution in [3.63, 3.8) is 0 Å². The van der Waals surface area contributed by atoms with Gasteiger partial charge in [-0.25, -0.2) is 4.98 Å². The number of hydrogen-bond donors (Lipinski definition) is 0. The van der Waals surface area contributed by atoms with E-state index in [-0.39, 0.29) is 18.1 Å². The maximum Gasteiger partial charge on any atom is 0.307 e. The van der Waals surface area contributed by atoms with Gasteiger partial charge in [-0.05, 0) is 12.1 Å². The lowest BCUT2D eigenvalue weighted by Gasteiger charge is -2.15. The Labute approximate surface area is 102 Å². The fourth-order valence-electron chi connectivity index (χ4n) is 1.64. The molecule has 8 heteroatoms. The molecule has 5 nitrogen and oxygen atoms in total. The van der Waals surface area contributed by atoms with Crippen molar-refractivity contribution in [1.29, 1.82) is 0 Å². The first-order chi connectivity index (χ1) is 7.88. The molecule has 1 saturated heterocycles. The van der Waals surface area contributed by atoms with Crippen LogP contribution in [0.3, 0.4) is 0 Å². The van der Waals surface area contributed by atoms with Crippen molar-refractivity contribution in [2.45, 2.75) is 11.7 Å². The highest BCUT2D eigenvalue weighted by atomic mass is 35.5. The fourth-order valence-corrected chi connectivity index (χ4v) is 2.42. The summed E-state index contributed by atoms with van der Waals surface area (Å²) in [4.78, 5) is 16.5. The van der Waals surface area contributed by atoms with Crippen molar-refractivity contribution in [2.75, 3.05) is 11.4 Å². The van der Waals surface area contributed by atoms with Crippen LogP contribution in [-0.2, 0) is 15.0 Å². The number of amides is 1. The van der Waals surface area contributed by atoms with Crippen molar-refractivity contribution >= 4 is 33.4 Å². The van der Waals surface area contributed by atoms with Gasteiger partial charge in [-0.15, -0.1) is 3.89 Å². The normalized spacial score (nSPS) is 20.9. The zero-order chi connectivity index (χ0) is 12.6. The number of aromatic nitrogens is 1. The van der Waals surface area contributed by atoms with E-state index in [1.807, 2.05) is 0 Å². The van der Waals surface area contributed by atoms with Crippen LogP contribution in [0.2, 0.25) is 5.15 Å². The van der Waals surface area contributed by atoms with Gasteiger partial charge in [0, 0.05) is 13.0 Å². The molecule has 1 unspecified atom stereocenters. The monoisotopic (exact) mass is 278 g/mol. The Hall–Kier alpha value is -1.21. The second-order valence-electron chi connectivity index (χ2n) is 3.65. The van der Waals surface area contributed by atoms with Gasteiger partial charge >= 0.3 is 10.2 Å². The van der Waals surface area contributed by atoms with Crippen LogP contribution in [0.5, 0.6) is 0 Å². The number of pyridine rings is 1. The largest absolute Gasteiger partial charge is 0.309 e. The van der Waals surface area contributed by atoms with E-state index in [1.165, 1.54) is 23.2 Å². The smallest absolute Gasteiger partial charge is 0.307 e. The summed E-state index contributed by atoms with van der Waals surface area (Å²) in [7, 11) is -4.69. The van der Waals surface area contributed by atoms with E-state index in [0.717, 1.165) is 0 Å². The van der Waals surface area contributed by atoms with Crippen LogP contribution in [0.1, 0.15) is 6.42 Å². The quantitative estimate of drug-likeness (QED) is 0.601. The summed E-state index contributed by atoms with van der Waals surface area (Å²) in [6, 6.07) is 3.00. The van der Waals surface area contributed by atoms with Crippen LogP contribution >= 0.6 is 11.6 Å². The van der Waals surface area contributed by atoms with Crippen LogP contribution in [-0.4, -0.2) is 31.1 Å². The van der Waals surface area contributed by atoms with Gasteiger partial charge in [0.05, 0.1) is 11.9 Å². The molecular formula is C9H8ClFN2O3S. The summed E-state index contributed by atoms with van der Waals surface area (Å²) in [5, 5.41) is -1.04. The second-order valence-corrected chi connectivity index (χ2v) is 5.65. The van der Waals surface area contributed by atoms with Gasteiger partial charge in [0.2, 0.25) is 5.91 Å². The van der Waals surface area contributed by atoms with Crippen LogP contribution in [0, 0.1) is 0 Å². The topological polar surface area (TPSA) is 67.3 Å². The van der Waals surface area contributed by atoms with Gasteiger partial charge in [-0.3, -0.25) is 4.79 Å². The molecule has 2 rings (SSSR count). The number of carbonyl (C=O) groups excluding carboxylic acids is 1. The molecule has 0 saturated carbocycles. The molecule has 1 aliphatic rings. The van der Waals surface area contributed by atoms with Crippen molar-refractivity contribution in [3.05, 3.63) is 23.5 Å². The third-order valence-corrected chi connectivity index (χ3v) is 3.85. The van der Waals surface area contributed by atoms with E-state index in [4.69, 9.17) is 11.6 Å². The van der Waals surface area contributed by atoms with Crippen molar-refractivity contribution < 1.29 is 17.1 Å². The van der Waals surface area contributed by atoms with Gasteiger partial charge in [0.1, 0.15) is 10.4 Å². The summed E-state index contributed by atoms with van der Waals surface area (Å²) in [6.45, 7) is -0.193. The van der Waals surface area contributed by atoms with E-state index in [1.54, 1.807) is 0 Å². The number of nitrogens with zero attached hydrogens (tertiary/aromatic N) is 2. The number of anilines is 1. The van der Waals surface area contributed by atoms with Gasteiger partial charge in [0.15, 0.2) is 0 Å². The average Bonchev–Trinajstić information content (AvgIpc) is 2.61. The molecular weight excluding hydrogens is 271 g/mol. The number of halogens is 2. The molecule has 2 heterocycles. The van der Waals surface area contributed by atoms with Gasteiger partial charge in [-0.1, -0.05) is 11.6 Å². The lowest BCUT2D eigenvalue weighted by molar-refractivity contribution is -0.117. The summed E-state index contributed by atoms with van der Waals surface area (Å²) >= 11 is 5.59. The van der Waals surface area contributed by atoms with Crippen molar-refractivity contribution in [3.8, 4) is 0 Å². The Bertz CT molecular complexity index is 546. The average molecular weight is 279 g/mol. The fraction of sp³-hybridized carbons (Fsp3) is 0.333. The highest BCUT2D eigenvalue weighted by Gasteiger charge is 2.39. The third kappa shape index (κ3) is 2.55. The maximum atomic E-state index is 12.8. The molecule has 1 aliphatic heterocycles. The van der Waals surface area contributed by atoms with Crippen LogP contribution < -0.4 is 4.90 Å². The van der Waals surface area contributed by atoms with Crippen LogP contribution in [0.15, 0.2) is 18.3 Å². The Morgan fingerprint density at radius 1 is 1.47 bits per heavy atom. The molecule has 0 aliphatic carbocycles. The molecule has 1 amide bonds. The van der Waals surface area contributed by atoms with E-state index in [2.05, 4.69) is 4.98 Å². The maximum absolute atomic E-state index is 12.8. The number of hydrogen-bond acceptors (Lipinski definition) is 4. The second kappa shape index (κ2) is 4.23. The first-order valence-electron chi connectivity index (χ1n) is 4.73. The summed E-state index contributed by atoms with van der Waals surface area (Å²) in [5.41, 5.74) is 0.408. The molecule has 0 N–H and O–H groups in total. The first kappa shape index (κ1) is 12.3. The van der Waals surface area contributed by atoms with Crippen LogP contribution in [0.25, 0.3) is 0 Å². The lowest BCUT2D eigenvalue weighted by atomic mass is 10.4. The Morgan fingerprint density at radius 3 is 2.65 bits per heavy atom. The van der Waals surface area contributed by atoms with Crippen molar-refractivity contribution in [2.24, 2.45) is 0 Å². The SMILES string of the molecule is O=C1CC(S(=O)(=O)F)CN1c1ccc(Cl)nc1. The minimum Gasteiger partial charge on any atom is -0.309 e. The molecule has 0 radical (unpaired) electrons. The molecule has 1 aromatic heterocycles. The highest BCUT2D eigenvalue weighted by molar-refractivity contribution is 7.87.